The molecular weight excluding hydrogens is 372 g/mol. The number of nitrogens with one attached hydrogen (secondary N) is 2. The summed E-state index contributed by atoms with van der Waals surface area (Å²) in [6.07, 6.45) is 0. The van der Waals surface area contributed by atoms with E-state index in [1.54, 1.807) is 61.5 Å². The molecule has 4 rings (SSSR count). The average molecular weight is 390 g/mol. The molecule has 29 heavy (non-hydrogen) atoms. The van der Waals surface area contributed by atoms with Gasteiger partial charge in [0.15, 0.2) is 0 Å². The second-order valence-corrected chi connectivity index (χ2v) is 6.98. The van der Waals surface area contributed by atoms with Crippen molar-refractivity contribution in [2.75, 3.05) is 6.54 Å². The molecule has 0 spiro atoms. The number of amides is 5. The van der Waals surface area contributed by atoms with E-state index >= 15 is 0 Å². The first-order valence-corrected chi connectivity index (χ1v) is 8.95. The first-order chi connectivity index (χ1) is 13.8. The quantitative estimate of drug-likeness (QED) is 0.775. The van der Waals surface area contributed by atoms with Crippen molar-refractivity contribution in [1.82, 2.24) is 20.7 Å². The predicted molar refractivity (Wildman–Crippen MR) is 104 cm³/mol. The van der Waals surface area contributed by atoms with Crippen LogP contribution in [0, 0.1) is 0 Å². The van der Waals surface area contributed by atoms with Crippen molar-refractivity contribution in [3.05, 3.63) is 77.9 Å². The molecule has 8 heteroatoms. The van der Waals surface area contributed by atoms with Crippen molar-refractivity contribution < 1.29 is 19.2 Å². The highest BCUT2D eigenvalue weighted by Crippen LogP contribution is 2.31. The Morgan fingerprint density at radius 2 is 1.66 bits per heavy atom. The molecule has 0 saturated carbocycles. The second kappa shape index (κ2) is 6.59. The molecular formula is C21H18N4O4. The normalized spacial score (nSPS) is 20.7. The van der Waals surface area contributed by atoms with E-state index in [-0.39, 0.29) is 12.5 Å². The minimum atomic E-state index is -1.30. The van der Waals surface area contributed by atoms with Crippen molar-refractivity contribution in [1.29, 1.82) is 0 Å². The largest absolute Gasteiger partial charge is 0.344 e. The molecule has 5 amide bonds. The van der Waals surface area contributed by atoms with Gasteiger partial charge in [0, 0.05) is 16.8 Å². The van der Waals surface area contributed by atoms with Gasteiger partial charge in [0.25, 0.3) is 17.7 Å². The molecule has 2 aliphatic rings. The fourth-order valence-corrected chi connectivity index (χ4v) is 3.51. The number of hydrogen-bond acceptors (Lipinski definition) is 4. The Kier molecular flexibility index (Phi) is 4.19. The first-order valence-electron chi connectivity index (χ1n) is 8.95. The number of nitrogens with zero attached hydrogens (tertiary/aromatic N) is 2. The van der Waals surface area contributed by atoms with E-state index in [0.717, 1.165) is 0 Å². The lowest BCUT2D eigenvalue weighted by atomic mass is 9.92. The molecule has 8 nitrogen and oxygen atoms in total. The summed E-state index contributed by atoms with van der Waals surface area (Å²) in [6, 6.07) is 14.9. The predicted octanol–water partition coefficient (Wildman–Crippen LogP) is 1.61. The van der Waals surface area contributed by atoms with Gasteiger partial charge in [-0.25, -0.2) is 4.79 Å². The molecule has 0 aliphatic carbocycles. The number of carbonyl (C=O) groups is 4. The highest BCUT2D eigenvalue weighted by Gasteiger charge is 2.50. The molecule has 0 bridgehead atoms. The topological polar surface area (TPSA) is 98.8 Å². The molecule has 2 heterocycles. The van der Waals surface area contributed by atoms with Crippen LogP contribution in [0.4, 0.5) is 4.79 Å². The third-order valence-corrected chi connectivity index (χ3v) is 5.12. The number of rotatable bonds is 4. The van der Waals surface area contributed by atoms with Gasteiger partial charge in [-0.1, -0.05) is 55.1 Å². The Morgan fingerprint density at radius 1 is 1.03 bits per heavy atom. The Bertz CT molecular complexity index is 1030. The van der Waals surface area contributed by atoms with Crippen LogP contribution in [0.2, 0.25) is 0 Å². The van der Waals surface area contributed by atoms with E-state index in [2.05, 4.69) is 17.3 Å². The van der Waals surface area contributed by atoms with E-state index in [9.17, 15) is 19.2 Å². The van der Waals surface area contributed by atoms with E-state index in [1.165, 1.54) is 4.90 Å². The summed E-state index contributed by atoms with van der Waals surface area (Å²) in [5, 5.41) is 3.25. The minimum absolute atomic E-state index is 0.355. The molecule has 1 atom stereocenters. The zero-order valence-corrected chi connectivity index (χ0v) is 15.6. The molecule has 0 aromatic heterocycles. The molecule has 2 aromatic rings. The van der Waals surface area contributed by atoms with E-state index in [4.69, 9.17) is 0 Å². The number of hydrazine groups is 1. The van der Waals surface area contributed by atoms with E-state index in [0.29, 0.717) is 27.4 Å². The van der Waals surface area contributed by atoms with Gasteiger partial charge in [-0.2, -0.15) is 5.01 Å². The van der Waals surface area contributed by atoms with Crippen LogP contribution in [0.15, 0.2) is 61.2 Å². The number of hydrogen-bond donors (Lipinski definition) is 2. The third kappa shape index (κ3) is 2.85. The molecule has 0 unspecified atom stereocenters. The summed E-state index contributed by atoms with van der Waals surface area (Å²) in [5.74, 6) is -1.66. The van der Waals surface area contributed by atoms with Gasteiger partial charge >= 0.3 is 6.03 Å². The summed E-state index contributed by atoms with van der Waals surface area (Å²) in [5.41, 5.74) is 3.09. The average Bonchev–Trinajstić information content (AvgIpc) is 3.09. The number of imide groups is 1. The molecule has 2 aliphatic heterocycles. The second-order valence-electron chi connectivity index (χ2n) is 6.98. The Balaban J connectivity index is 1.48. The van der Waals surface area contributed by atoms with Crippen molar-refractivity contribution in [3.63, 3.8) is 0 Å². The summed E-state index contributed by atoms with van der Waals surface area (Å²) >= 11 is 0. The van der Waals surface area contributed by atoms with Crippen molar-refractivity contribution in [2.45, 2.75) is 12.5 Å². The van der Waals surface area contributed by atoms with Crippen LogP contribution in [-0.2, 0) is 15.1 Å². The van der Waals surface area contributed by atoms with Crippen LogP contribution in [-0.4, -0.2) is 40.2 Å². The fourth-order valence-electron chi connectivity index (χ4n) is 3.51. The molecule has 0 radical (unpaired) electrons. The summed E-state index contributed by atoms with van der Waals surface area (Å²) in [7, 11) is 0. The number of urea groups is 1. The van der Waals surface area contributed by atoms with Crippen molar-refractivity contribution >= 4 is 29.4 Å². The molecule has 2 aromatic carbocycles. The number of carbonyl (C=O) groups excluding carboxylic acids is 4. The Morgan fingerprint density at radius 3 is 2.31 bits per heavy atom. The van der Waals surface area contributed by atoms with Gasteiger partial charge in [-0.3, -0.25) is 24.7 Å². The number of fused-ring (bicyclic) bond motifs is 1. The first kappa shape index (κ1) is 18.4. The van der Waals surface area contributed by atoms with Gasteiger partial charge in [0.05, 0.1) is 0 Å². The van der Waals surface area contributed by atoms with E-state index < -0.39 is 23.4 Å². The minimum Gasteiger partial charge on any atom is -0.318 e. The van der Waals surface area contributed by atoms with Crippen LogP contribution in [0.3, 0.4) is 0 Å². The zero-order chi connectivity index (χ0) is 20.8. The van der Waals surface area contributed by atoms with E-state index in [1.807, 2.05) is 0 Å². The van der Waals surface area contributed by atoms with Gasteiger partial charge in [0.2, 0.25) is 0 Å². The van der Waals surface area contributed by atoms with Crippen LogP contribution >= 0.6 is 0 Å². The third-order valence-electron chi connectivity index (χ3n) is 5.12. The van der Waals surface area contributed by atoms with Crippen molar-refractivity contribution in [2.24, 2.45) is 0 Å². The Labute approximate surface area is 166 Å². The van der Waals surface area contributed by atoms with Crippen LogP contribution in [0.5, 0.6) is 0 Å². The van der Waals surface area contributed by atoms with Crippen LogP contribution < -0.4 is 10.7 Å². The highest BCUT2D eigenvalue weighted by molar-refractivity contribution is 6.11. The molecule has 2 N–H and O–H groups in total. The summed E-state index contributed by atoms with van der Waals surface area (Å²) in [6.45, 7) is 5.07. The monoisotopic (exact) mass is 390 g/mol. The lowest BCUT2D eigenvalue weighted by molar-refractivity contribution is -0.139. The molecule has 1 fully saturated rings. The lowest BCUT2D eigenvalue weighted by Crippen LogP contribution is -2.50. The van der Waals surface area contributed by atoms with Gasteiger partial charge in [-0.05, 0) is 18.6 Å². The SMILES string of the molecule is C=C1c2ccccc2C(=O)N1CC(=O)NN1C(=O)N[C@](C)(c2ccccc2)C1=O. The maximum atomic E-state index is 12.8. The van der Waals surface area contributed by atoms with Gasteiger partial charge in [0.1, 0.15) is 12.1 Å². The highest BCUT2D eigenvalue weighted by atomic mass is 16.2. The van der Waals surface area contributed by atoms with Gasteiger partial charge in [-0.15, -0.1) is 0 Å². The molecule has 146 valence electrons. The van der Waals surface area contributed by atoms with Gasteiger partial charge < -0.3 is 5.32 Å². The smallest absolute Gasteiger partial charge is 0.318 e. The zero-order valence-electron chi connectivity index (χ0n) is 15.6. The van der Waals surface area contributed by atoms with Crippen molar-refractivity contribution in [3.8, 4) is 0 Å². The maximum absolute atomic E-state index is 12.8. The lowest BCUT2D eigenvalue weighted by Gasteiger charge is -2.22. The standard InChI is InChI=1S/C21H18N4O4/c1-13-15-10-6-7-11-16(15)18(27)24(13)12-17(26)23-25-19(28)21(2,22-20(25)29)14-8-4-3-5-9-14/h3-11H,1,12H2,2H3,(H,22,29)(H,23,26)/t21-/m1/s1. The summed E-state index contributed by atoms with van der Waals surface area (Å²) in [4.78, 5) is 51.4. The Hall–Kier alpha value is -3.94. The number of benzene rings is 2. The summed E-state index contributed by atoms with van der Waals surface area (Å²) < 4.78 is 0. The van der Waals surface area contributed by atoms with Crippen LogP contribution in [0.25, 0.3) is 5.70 Å². The maximum Gasteiger partial charge on any atom is 0.344 e. The molecule has 1 saturated heterocycles. The van der Waals surface area contributed by atoms with Crippen LogP contribution in [0.1, 0.15) is 28.4 Å². The fraction of sp³-hybridized carbons (Fsp3) is 0.143.